The molecule has 11 rings (SSSR count). The Morgan fingerprint density at radius 3 is 1.93 bits per heavy atom. The number of hydrogen-bond donors (Lipinski definition) is 0. The summed E-state index contributed by atoms with van der Waals surface area (Å²) in [6, 6.07) is 59.2. The molecule has 8 aromatic carbocycles. The van der Waals surface area contributed by atoms with Crippen LogP contribution in [0.3, 0.4) is 0 Å². The van der Waals surface area contributed by atoms with E-state index in [2.05, 4.69) is 156 Å². The standard InChI is InChI=1S/C47H28N4O.C2H6/c1-2-13-31(14-3-1)45-48-46(34-22-21-29-11-4-5-15-32(29)27-34)50-47(49-45)51-40-20-9-8-17-37(40)38-19-10-18-36(44(38)51)33-24-25-41-39(28-33)43-35-16-7-6-12-30(35)23-26-42(43)52-41;1-2/h1-28H;1-2H3. The highest BCUT2D eigenvalue weighted by molar-refractivity contribution is 6.20. The summed E-state index contributed by atoms with van der Waals surface area (Å²) in [6.45, 7) is 4.00. The Labute approximate surface area is 311 Å². The van der Waals surface area contributed by atoms with Gasteiger partial charge >= 0.3 is 0 Å². The lowest BCUT2D eigenvalue weighted by atomic mass is 9.98. The summed E-state index contributed by atoms with van der Waals surface area (Å²) in [7, 11) is 0. The number of hydrogen-bond acceptors (Lipinski definition) is 4. The third-order valence-corrected chi connectivity index (χ3v) is 10.2. The van der Waals surface area contributed by atoms with E-state index in [0.717, 1.165) is 71.4 Å². The molecule has 0 fully saturated rings. The van der Waals surface area contributed by atoms with Crippen molar-refractivity contribution in [2.75, 3.05) is 0 Å². The molecule has 0 unspecified atom stereocenters. The number of fused-ring (bicyclic) bond motifs is 9. The van der Waals surface area contributed by atoms with Crippen molar-refractivity contribution in [3.05, 3.63) is 170 Å². The monoisotopic (exact) mass is 694 g/mol. The zero-order valence-electron chi connectivity index (χ0n) is 29.9. The van der Waals surface area contributed by atoms with Gasteiger partial charge in [0.1, 0.15) is 11.2 Å². The summed E-state index contributed by atoms with van der Waals surface area (Å²) in [5.41, 5.74) is 7.86. The Hall–Kier alpha value is -7.11. The average molecular weight is 695 g/mol. The van der Waals surface area contributed by atoms with Gasteiger partial charge in [-0.2, -0.15) is 9.97 Å². The number of para-hydroxylation sites is 2. The number of nitrogens with zero attached hydrogens (tertiary/aromatic N) is 4. The summed E-state index contributed by atoms with van der Waals surface area (Å²) in [6.07, 6.45) is 0. The second-order valence-electron chi connectivity index (χ2n) is 13.2. The van der Waals surface area contributed by atoms with Gasteiger partial charge in [0.2, 0.25) is 5.95 Å². The van der Waals surface area contributed by atoms with E-state index in [4.69, 9.17) is 19.4 Å². The maximum atomic E-state index is 6.38. The van der Waals surface area contributed by atoms with Gasteiger partial charge in [0.25, 0.3) is 0 Å². The van der Waals surface area contributed by atoms with E-state index < -0.39 is 0 Å². The van der Waals surface area contributed by atoms with Crippen molar-refractivity contribution in [2.45, 2.75) is 13.8 Å². The SMILES string of the molecule is CC.c1ccc(-c2nc(-c3ccc4ccccc4c3)nc(-n3c4ccccc4c4cccc(-c5ccc6oc7ccc8ccccc8c7c6c5)c43)n2)cc1. The highest BCUT2D eigenvalue weighted by Crippen LogP contribution is 2.41. The lowest BCUT2D eigenvalue weighted by molar-refractivity contribution is 0.669. The van der Waals surface area contributed by atoms with E-state index in [1.54, 1.807) is 0 Å². The first-order valence-electron chi connectivity index (χ1n) is 18.4. The van der Waals surface area contributed by atoms with E-state index in [-0.39, 0.29) is 0 Å². The topological polar surface area (TPSA) is 56.7 Å². The smallest absolute Gasteiger partial charge is 0.238 e. The lowest BCUT2D eigenvalue weighted by Crippen LogP contribution is -2.07. The quantitative estimate of drug-likeness (QED) is 0.184. The molecule has 0 aliphatic heterocycles. The fourth-order valence-electron chi connectivity index (χ4n) is 7.81. The van der Waals surface area contributed by atoms with Gasteiger partial charge in [0.05, 0.1) is 11.0 Å². The van der Waals surface area contributed by atoms with E-state index >= 15 is 0 Å². The van der Waals surface area contributed by atoms with E-state index in [0.29, 0.717) is 17.6 Å². The van der Waals surface area contributed by atoms with Crippen LogP contribution in [-0.2, 0) is 0 Å². The average Bonchev–Trinajstić information content (AvgIpc) is 3.80. The third kappa shape index (κ3) is 5.05. The molecule has 0 bridgehead atoms. The van der Waals surface area contributed by atoms with E-state index in [1.807, 2.05) is 32.0 Å². The van der Waals surface area contributed by atoms with Crippen LogP contribution in [0, 0.1) is 0 Å². The van der Waals surface area contributed by atoms with Crippen molar-refractivity contribution >= 4 is 65.3 Å². The normalized spacial score (nSPS) is 11.5. The summed E-state index contributed by atoms with van der Waals surface area (Å²) in [5.74, 6) is 1.81. The van der Waals surface area contributed by atoms with Crippen molar-refractivity contribution in [1.29, 1.82) is 0 Å². The van der Waals surface area contributed by atoms with Crippen molar-refractivity contribution in [3.63, 3.8) is 0 Å². The summed E-state index contributed by atoms with van der Waals surface area (Å²) in [4.78, 5) is 15.5. The molecule has 3 aromatic heterocycles. The van der Waals surface area contributed by atoms with Crippen LogP contribution in [0.2, 0.25) is 0 Å². The van der Waals surface area contributed by atoms with Crippen LogP contribution >= 0.6 is 0 Å². The molecule has 0 saturated carbocycles. The molecule has 5 heteroatoms. The van der Waals surface area contributed by atoms with E-state index in [9.17, 15) is 0 Å². The van der Waals surface area contributed by atoms with Gasteiger partial charge in [-0.25, -0.2) is 4.98 Å². The maximum absolute atomic E-state index is 6.38. The second kappa shape index (κ2) is 12.8. The zero-order chi connectivity index (χ0) is 36.2. The van der Waals surface area contributed by atoms with Crippen molar-refractivity contribution in [3.8, 4) is 39.9 Å². The first-order chi connectivity index (χ1) is 26.8. The van der Waals surface area contributed by atoms with E-state index in [1.165, 1.54) is 16.2 Å². The lowest BCUT2D eigenvalue weighted by Gasteiger charge is -2.13. The van der Waals surface area contributed by atoms with Crippen LogP contribution in [0.15, 0.2) is 174 Å². The molecule has 0 N–H and O–H groups in total. The Morgan fingerprint density at radius 1 is 0.426 bits per heavy atom. The minimum atomic E-state index is 0.566. The highest BCUT2D eigenvalue weighted by Gasteiger charge is 2.21. The van der Waals surface area contributed by atoms with Crippen molar-refractivity contribution in [2.24, 2.45) is 0 Å². The van der Waals surface area contributed by atoms with Crippen LogP contribution in [0.4, 0.5) is 0 Å². The fraction of sp³-hybridized carbons (Fsp3) is 0.0408. The Balaban J connectivity index is 0.00000178. The van der Waals surface area contributed by atoms with Gasteiger partial charge in [-0.15, -0.1) is 0 Å². The van der Waals surface area contributed by atoms with Gasteiger partial charge < -0.3 is 4.42 Å². The molecule has 3 heterocycles. The number of furan rings is 1. The molecule has 0 amide bonds. The Kier molecular flexibility index (Phi) is 7.51. The fourth-order valence-corrected chi connectivity index (χ4v) is 7.81. The maximum Gasteiger partial charge on any atom is 0.238 e. The molecule has 5 nitrogen and oxygen atoms in total. The van der Waals surface area contributed by atoms with Gasteiger partial charge in [0.15, 0.2) is 11.6 Å². The van der Waals surface area contributed by atoms with Crippen LogP contribution in [0.25, 0.3) is 105 Å². The number of rotatable bonds is 4. The number of aromatic nitrogens is 4. The molecule has 256 valence electrons. The zero-order valence-corrected chi connectivity index (χ0v) is 29.9. The van der Waals surface area contributed by atoms with Gasteiger partial charge in [-0.05, 0) is 57.4 Å². The number of benzene rings is 8. The van der Waals surface area contributed by atoms with Crippen LogP contribution in [-0.4, -0.2) is 19.5 Å². The molecule has 0 spiro atoms. The van der Waals surface area contributed by atoms with Crippen LogP contribution in [0.5, 0.6) is 0 Å². The first kappa shape index (κ1) is 31.6. The van der Waals surface area contributed by atoms with Crippen LogP contribution < -0.4 is 0 Å². The minimum absolute atomic E-state index is 0.566. The Morgan fingerprint density at radius 2 is 1.07 bits per heavy atom. The van der Waals surface area contributed by atoms with Crippen molar-refractivity contribution < 1.29 is 4.42 Å². The molecular formula is C49H34N4O. The molecule has 11 aromatic rings. The first-order valence-corrected chi connectivity index (χ1v) is 18.4. The molecule has 0 saturated heterocycles. The third-order valence-electron chi connectivity index (χ3n) is 10.2. The van der Waals surface area contributed by atoms with Crippen molar-refractivity contribution in [1.82, 2.24) is 19.5 Å². The summed E-state index contributed by atoms with van der Waals surface area (Å²) >= 11 is 0. The molecule has 0 aliphatic rings. The predicted octanol–water partition coefficient (Wildman–Crippen LogP) is 13.2. The molecule has 54 heavy (non-hydrogen) atoms. The molecule has 0 atom stereocenters. The van der Waals surface area contributed by atoms with Gasteiger partial charge in [-0.1, -0.05) is 153 Å². The molecule has 0 aliphatic carbocycles. The molecular weight excluding hydrogens is 661 g/mol. The predicted molar refractivity (Wildman–Crippen MR) is 224 cm³/mol. The summed E-state index contributed by atoms with van der Waals surface area (Å²) < 4.78 is 8.60. The largest absolute Gasteiger partial charge is 0.456 e. The highest BCUT2D eigenvalue weighted by atomic mass is 16.3. The van der Waals surface area contributed by atoms with Gasteiger partial charge in [0, 0.05) is 38.2 Å². The molecule has 0 radical (unpaired) electrons. The van der Waals surface area contributed by atoms with Gasteiger partial charge in [-0.3, -0.25) is 4.57 Å². The minimum Gasteiger partial charge on any atom is -0.456 e. The second-order valence-corrected chi connectivity index (χ2v) is 13.2. The Bertz CT molecular complexity index is 3190. The summed E-state index contributed by atoms with van der Waals surface area (Å²) in [5, 5.41) is 9.17. The van der Waals surface area contributed by atoms with Crippen LogP contribution in [0.1, 0.15) is 13.8 Å².